The Kier molecular flexibility index (Phi) is 6.07. The molecule has 1 aromatic heterocycles. The molecule has 1 saturated heterocycles. The Labute approximate surface area is 179 Å². The van der Waals surface area contributed by atoms with E-state index in [4.69, 9.17) is 4.74 Å². The Bertz CT molecular complexity index is 913. The van der Waals surface area contributed by atoms with Crippen LogP contribution in [0.3, 0.4) is 0 Å². The fourth-order valence-corrected chi connectivity index (χ4v) is 3.90. The third-order valence-corrected chi connectivity index (χ3v) is 6.01. The van der Waals surface area contributed by atoms with E-state index in [2.05, 4.69) is 10.3 Å². The molecule has 0 radical (unpaired) electrons. The molecule has 1 saturated carbocycles. The van der Waals surface area contributed by atoms with Crippen molar-refractivity contribution < 1.29 is 22.7 Å². The summed E-state index contributed by atoms with van der Waals surface area (Å²) in [5.74, 6) is 1.28. The molecule has 8 heteroatoms. The van der Waals surface area contributed by atoms with Crippen molar-refractivity contribution in [1.29, 1.82) is 0 Å². The SMILES string of the molecule is C[C@H](NC(=O)C1CCC1)c1ccc(O[C@@H]2CCN(c3cccc(C(F)(F)F)n3)C2)cc1. The average Bonchev–Trinajstić information content (AvgIpc) is 3.15. The number of hydrogen-bond acceptors (Lipinski definition) is 4. The molecule has 31 heavy (non-hydrogen) atoms. The monoisotopic (exact) mass is 433 g/mol. The summed E-state index contributed by atoms with van der Waals surface area (Å²) in [6, 6.07) is 11.5. The van der Waals surface area contributed by atoms with Gasteiger partial charge in [-0.05, 0) is 49.6 Å². The second-order valence-electron chi connectivity index (χ2n) is 8.28. The van der Waals surface area contributed by atoms with Crippen LogP contribution in [-0.2, 0) is 11.0 Å². The minimum absolute atomic E-state index is 0.0731. The van der Waals surface area contributed by atoms with Gasteiger partial charge in [0.25, 0.3) is 0 Å². The first kappa shape index (κ1) is 21.5. The van der Waals surface area contributed by atoms with Crippen molar-refractivity contribution in [2.45, 2.75) is 50.9 Å². The van der Waals surface area contributed by atoms with Crippen molar-refractivity contribution in [2.75, 3.05) is 18.0 Å². The summed E-state index contributed by atoms with van der Waals surface area (Å²) < 4.78 is 44.8. The number of ether oxygens (including phenoxy) is 1. The molecule has 0 bridgehead atoms. The Hall–Kier alpha value is -2.77. The standard InChI is InChI=1S/C23H26F3N3O2/c1-15(27-22(30)17-4-2-5-17)16-8-10-18(11-9-16)31-19-12-13-29(14-19)21-7-3-6-20(28-21)23(24,25)26/h3,6-11,15,17,19H,2,4-5,12-14H2,1H3,(H,27,30)/t15-,19+/m0/s1. The van der Waals surface area contributed by atoms with Crippen molar-refractivity contribution in [2.24, 2.45) is 5.92 Å². The molecule has 2 aliphatic rings. The van der Waals surface area contributed by atoms with E-state index in [1.807, 2.05) is 36.1 Å². The van der Waals surface area contributed by atoms with Gasteiger partial charge in [-0.3, -0.25) is 4.79 Å². The summed E-state index contributed by atoms with van der Waals surface area (Å²) in [7, 11) is 0. The van der Waals surface area contributed by atoms with Gasteiger partial charge in [-0.1, -0.05) is 24.6 Å². The van der Waals surface area contributed by atoms with Gasteiger partial charge < -0.3 is 15.0 Å². The highest BCUT2D eigenvalue weighted by Crippen LogP contribution is 2.30. The number of carbonyl (C=O) groups is 1. The first-order chi connectivity index (χ1) is 14.8. The topological polar surface area (TPSA) is 54.5 Å². The number of aromatic nitrogens is 1. The highest BCUT2D eigenvalue weighted by atomic mass is 19.4. The zero-order valence-electron chi connectivity index (χ0n) is 17.4. The van der Waals surface area contributed by atoms with Gasteiger partial charge in [0, 0.05) is 18.9 Å². The van der Waals surface area contributed by atoms with Gasteiger partial charge in [-0.2, -0.15) is 13.2 Å². The minimum Gasteiger partial charge on any atom is -0.489 e. The number of carbonyl (C=O) groups excluding carboxylic acids is 1. The van der Waals surface area contributed by atoms with Crippen LogP contribution in [0.2, 0.25) is 0 Å². The molecular formula is C23H26F3N3O2. The summed E-state index contributed by atoms with van der Waals surface area (Å²) in [5, 5.41) is 3.06. The van der Waals surface area contributed by atoms with Crippen molar-refractivity contribution >= 4 is 11.7 Å². The van der Waals surface area contributed by atoms with Crippen LogP contribution in [0, 0.1) is 5.92 Å². The van der Waals surface area contributed by atoms with Crippen LogP contribution >= 0.6 is 0 Å². The Morgan fingerprint density at radius 1 is 1.16 bits per heavy atom. The van der Waals surface area contributed by atoms with E-state index in [0.717, 1.165) is 30.9 Å². The predicted molar refractivity (Wildman–Crippen MR) is 111 cm³/mol. The molecule has 2 atom stereocenters. The maximum atomic E-state index is 12.9. The number of nitrogens with zero attached hydrogens (tertiary/aromatic N) is 2. The van der Waals surface area contributed by atoms with E-state index >= 15 is 0 Å². The fourth-order valence-electron chi connectivity index (χ4n) is 3.90. The third-order valence-electron chi connectivity index (χ3n) is 6.01. The van der Waals surface area contributed by atoms with E-state index in [1.54, 1.807) is 6.07 Å². The van der Waals surface area contributed by atoms with Crippen LogP contribution in [0.5, 0.6) is 5.75 Å². The van der Waals surface area contributed by atoms with Crippen LogP contribution in [0.25, 0.3) is 0 Å². The highest BCUT2D eigenvalue weighted by molar-refractivity contribution is 5.79. The predicted octanol–water partition coefficient (Wildman–Crippen LogP) is 4.74. The Morgan fingerprint density at radius 3 is 2.55 bits per heavy atom. The first-order valence-electron chi connectivity index (χ1n) is 10.7. The quantitative estimate of drug-likeness (QED) is 0.715. The summed E-state index contributed by atoms with van der Waals surface area (Å²) in [6.45, 7) is 3.02. The maximum absolute atomic E-state index is 12.9. The lowest BCUT2D eigenvalue weighted by atomic mass is 9.84. The van der Waals surface area contributed by atoms with E-state index in [1.165, 1.54) is 6.07 Å². The maximum Gasteiger partial charge on any atom is 0.433 e. The van der Waals surface area contributed by atoms with E-state index < -0.39 is 11.9 Å². The van der Waals surface area contributed by atoms with Gasteiger partial charge in [-0.15, -0.1) is 0 Å². The molecular weight excluding hydrogens is 407 g/mol. The van der Waals surface area contributed by atoms with E-state index in [9.17, 15) is 18.0 Å². The number of pyridine rings is 1. The zero-order valence-corrected chi connectivity index (χ0v) is 17.4. The van der Waals surface area contributed by atoms with Crippen LogP contribution in [-0.4, -0.2) is 30.1 Å². The molecule has 1 aliphatic heterocycles. The summed E-state index contributed by atoms with van der Waals surface area (Å²) >= 11 is 0. The number of halogens is 3. The van der Waals surface area contributed by atoms with Gasteiger partial charge in [0.2, 0.25) is 5.91 Å². The smallest absolute Gasteiger partial charge is 0.433 e. The van der Waals surface area contributed by atoms with Gasteiger partial charge >= 0.3 is 6.18 Å². The summed E-state index contributed by atoms with van der Waals surface area (Å²) in [4.78, 5) is 17.7. The Morgan fingerprint density at radius 2 is 1.90 bits per heavy atom. The van der Waals surface area contributed by atoms with Gasteiger partial charge in [0.05, 0.1) is 12.6 Å². The van der Waals surface area contributed by atoms with Crippen LogP contribution in [0.15, 0.2) is 42.5 Å². The van der Waals surface area contributed by atoms with Crippen LogP contribution in [0.4, 0.5) is 19.0 Å². The zero-order chi connectivity index (χ0) is 22.0. The Balaban J connectivity index is 1.31. The first-order valence-corrected chi connectivity index (χ1v) is 10.7. The molecule has 166 valence electrons. The molecule has 0 spiro atoms. The van der Waals surface area contributed by atoms with E-state index in [0.29, 0.717) is 31.1 Å². The average molecular weight is 433 g/mol. The molecule has 1 amide bonds. The van der Waals surface area contributed by atoms with Gasteiger partial charge in [0.1, 0.15) is 23.4 Å². The molecule has 5 nitrogen and oxygen atoms in total. The second kappa shape index (κ2) is 8.77. The number of rotatable bonds is 6. The third kappa shape index (κ3) is 5.11. The van der Waals surface area contributed by atoms with Crippen LogP contribution in [0.1, 0.15) is 49.9 Å². The molecule has 1 aromatic carbocycles. The second-order valence-corrected chi connectivity index (χ2v) is 8.28. The van der Waals surface area contributed by atoms with Crippen molar-refractivity contribution in [3.05, 3.63) is 53.7 Å². The molecule has 2 fully saturated rings. The lowest BCUT2D eigenvalue weighted by molar-refractivity contribution is -0.141. The largest absolute Gasteiger partial charge is 0.489 e. The molecule has 1 aliphatic carbocycles. The lowest BCUT2D eigenvalue weighted by Gasteiger charge is -2.26. The number of alkyl halides is 3. The van der Waals surface area contributed by atoms with E-state index in [-0.39, 0.29) is 24.0 Å². The molecule has 2 heterocycles. The summed E-state index contributed by atoms with van der Waals surface area (Å²) in [6.07, 6.45) is -0.812. The molecule has 0 unspecified atom stereocenters. The minimum atomic E-state index is -4.46. The number of benzene rings is 1. The van der Waals surface area contributed by atoms with Gasteiger partial charge in [-0.25, -0.2) is 4.98 Å². The van der Waals surface area contributed by atoms with Crippen LogP contribution < -0.4 is 15.0 Å². The normalized spacial score (nSPS) is 20.3. The number of nitrogens with one attached hydrogen (secondary N) is 1. The highest BCUT2D eigenvalue weighted by Gasteiger charge is 2.34. The fraction of sp³-hybridized carbons (Fsp3) is 0.478. The van der Waals surface area contributed by atoms with Crippen molar-refractivity contribution in [3.8, 4) is 5.75 Å². The lowest BCUT2D eigenvalue weighted by Crippen LogP contribution is -2.35. The summed E-state index contributed by atoms with van der Waals surface area (Å²) in [5.41, 5.74) is 0.115. The number of hydrogen-bond donors (Lipinski definition) is 1. The number of amides is 1. The molecule has 4 rings (SSSR count). The molecule has 2 aromatic rings. The number of anilines is 1. The van der Waals surface area contributed by atoms with Crippen molar-refractivity contribution in [3.63, 3.8) is 0 Å². The van der Waals surface area contributed by atoms with Crippen molar-refractivity contribution in [1.82, 2.24) is 10.3 Å². The van der Waals surface area contributed by atoms with Gasteiger partial charge in [0.15, 0.2) is 0 Å². The molecule has 1 N–H and O–H groups in total.